The van der Waals surface area contributed by atoms with Gasteiger partial charge in [0.25, 0.3) is 5.91 Å². The summed E-state index contributed by atoms with van der Waals surface area (Å²) >= 11 is 0. The topological polar surface area (TPSA) is 108 Å². The van der Waals surface area contributed by atoms with Gasteiger partial charge in [0.05, 0.1) is 11.4 Å². The number of benzene rings is 1. The molecule has 2 N–H and O–H groups in total. The number of anilines is 2. The van der Waals surface area contributed by atoms with Crippen LogP contribution in [-0.4, -0.2) is 41.8 Å². The van der Waals surface area contributed by atoms with Gasteiger partial charge in [-0.05, 0) is 24.6 Å². The van der Waals surface area contributed by atoms with Crippen LogP contribution in [0.15, 0.2) is 30.6 Å². The molecule has 0 radical (unpaired) electrons. The van der Waals surface area contributed by atoms with Gasteiger partial charge in [-0.25, -0.2) is 13.5 Å². The summed E-state index contributed by atoms with van der Waals surface area (Å²) in [6, 6.07) is 6.49. The molecule has 0 aliphatic carbocycles. The summed E-state index contributed by atoms with van der Waals surface area (Å²) in [4.78, 5) is 15.9. The number of amides is 1. The molecule has 0 saturated carbocycles. The van der Waals surface area contributed by atoms with Crippen LogP contribution < -0.4 is 9.62 Å². The Labute approximate surface area is 121 Å². The van der Waals surface area contributed by atoms with Crippen LogP contribution in [0.4, 0.5) is 11.6 Å². The van der Waals surface area contributed by atoms with Crippen molar-refractivity contribution in [2.75, 3.05) is 21.9 Å². The van der Waals surface area contributed by atoms with Crippen LogP contribution in [0.2, 0.25) is 0 Å². The Morgan fingerprint density at radius 3 is 2.90 bits per heavy atom. The Morgan fingerprint density at radius 2 is 2.24 bits per heavy atom. The lowest BCUT2D eigenvalue weighted by atomic mass is 10.2. The van der Waals surface area contributed by atoms with Crippen LogP contribution in [0.25, 0.3) is 0 Å². The van der Waals surface area contributed by atoms with Gasteiger partial charge in [0.2, 0.25) is 16.0 Å². The summed E-state index contributed by atoms with van der Waals surface area (Å²) < 4.78 is 25.1. The molecule has 2 aromatic rings. The highest BCUT2D eigenvalue weighted by Crippen LogP contribution is 2.24. The van der Waals surface area contributed by atoms with Gasteiger partial charge >= 0.3 is 0 Å². The van der Waals surface area contributed by atoms with Gasteiger partial charge in [-0.15, -0.1) is 0 Å². The number of carbonyl (C=O) groups excluding carboxylic acids is 1. The number of rotatable bonds is 3. The predicted molar refractivity (Wildman–Crippen MR) is 76.5 cm³/mol. The van der Waals surface area contributed by atoms with E-state index in [2.05, 4.69) is 20.5 Å². The van der Waals surface area contributed by atoms with E-state index in [-0.39, 0.29) is 17.6 Å². The fraction of sp³-hybridized carbons (Fsp3) is 0.250. The molecule has 1 amide bonds. The summed E-state index contributed by atoms with van der Waals surface area (Å²) in [5, 5.41) is 8.69. The lowest BCUT2D eigenvalue weighted by molar-refractivity contribution is 0.102. The van der Waals surface area contributed by atoms with Crippen LogP contribution in [0.5, 0.6) is 0 Å². The number of aromatic amines is 1. The van der Waals surface area contributed by atoms with Crippen LogP contribution in [0, 0.1) is 0 Å². The van der Waals surface area contributed by atoms with E-state index in [0.29, 0.717) is 24.2 Å². The zero-order valence-electron chi connectivity index (χ0n) is 11.0. The summed E-state index contributed by atoms with van der Waals surface area (Å²) in [5.41, 5.74) is 0.851. The predicted octanol–water partition coefficient (Wildman–Crippen LogP) is 0.597. The monoisotopic (exact) mass is 307 g/mol. The largest absolute Gasteiger partial charge is 0.291 e. The molecule has 21 heavy (non-hydrogen) atoms. The average molecular weight is 307 g/mol. The molecule has 0 spiro atoms. The number of H-pyrrole nitrogens is 1. The van der Waals surface area contributed by atoms with E-state index in [9.17, 15) is 13.2 Å². The van der Waals surface area contributed by atoms with Crippen LogP contribution >= 0.6 is 0 Å². The van der Waals surface area contributed by atoms with Gasteiger partial charge in [0, 0.05) is 12.1 Å². The first kappa shape index (κ1) is 13.6. The summed E-state index contributed by atoms with van der Waals surface area (Å²) in [5.74, 6) is -0.00835. The molecular weight excluding hydrogens is 294 g/mol. The molecule has 2 heterocycles. The summed E-state index contributed by atoms with van der Waals surface area (Å²) in [6.45, 7) is 0.440. The standard InChI is InChI=1S/C12H13N5O3S/c18-11(15-12-13-8-14-16-12)9-3-1-4-10(7-9)17-5-2-6-21(17,19)20/h1,3-4,7-8H,2,5-6H2,(H2,13,14,15,16,18). The third kappa shape index (κ3) is 2.72. The molecule has 1 aromatic heterocycles. The third-order valence-corrected chi connectivity index (χ3v) is 5.01. The van der Waals surface area contributed by atoms with E-state index in [1.165, 1.54) is 10.6 Å². The minimum atomic E-state index is -3.26. The third-order valence-electron chi connectivity index (χ3n) is 3.14. The van der Waals surface area contributed by atoms with Crippen molar-refractivity contribution in [1.82, 2.24) is 15.2 Å². The van der Waals surface area contributed by atoms with Crippen molar-refractivity contribution in [1.29, 1.82) is 0 Å². The molecule has 1 aromatic carbocycles. The second-order valence-corrected chi connectivity index (χ2v) is 6.59. The fourth-order valence-corrected chi connectivity index (χ4v) is 3.73. The van der Waals surface area contributed by atoms with E-state index in [1.54, 1.807) is 24.3 Å². The van der Waals surface area contributed by atoms with Crippen molar-refractivity contribution < 1.29 is 13.2 Å². The molecular formula is C12H13N5O3S. The maximum atomic E-state index is 12.1. The summed E-state index contributed by atoms with van der Waals surface area (Å²) in [7, 11) is -3.26. The number of hydrogen-bond donors (Lipinski definition) is 2. The maximum absolute atomic E-state index is 12.1. The quantitative estimate of drug-likeness (QED) is 0.863. The highest BCUT2D eigenvalue weighted by molar-refractivity contribution is 7.93. The SMILES string of the molecule is O=C(Nc1ncn[nH]1)c1cccc(N2CCCS2(=O)=O)c1. The van der Waals surface area contributed by atoms with Crippen molar-refractivity contribution in [3.05, 3.63) is 36.2 Å². The van der Waals surface area contributed by atoms with Crippen molar-refractivity contribution in [2.24, 2.45) is 0 Å². The Balaban J connectivity index is 1.85. The number of nitrogens with one attached hydrogen (secondary N) is 2. The molecule has 8 nitrogen and oxygen atoms in total. The lowest BCUT2D eigenvalue weighted by Gasteiger charge is -2.17. The number of nitrogens with zero attached hydrogens (tertiary/aromatic N) is 3. The second kappa shape index (κ2) is 5.17. The maximum Gasteiger partial charge on any atom is 0.258 e. The van der Waals surface area contributed by atoms with Crippen molar-refractivity contribution in [3.8, 4) is 0 Å². The Kier molecular flexibility index (Phi) is 3.34. The zero-order chi connectivity index (χ0) is 14.9. The van der Waals surface area contributed by atoms with Crippen LogP contribution in [-0.2, 0) is 10.0 Å². The highest BCUT2D eigenvalue weighted by atomic mass is 32.2. The number of aromatic nitrogens is 3. The molecule has 0 bridgehead atoms. The summed E-state index contributed by atoms with van der Waals surface area (Å²) in [6.07, 6.45) is 1.87. The normalized spacial score (nSPS) is 16.9. The zero-order valence-corrected chi connectivity index (χ0v) is 11.8. The van der Waals surface area contributed by atoms with Crippen molar-refractivity contribution >= 4 is 27.6 Å². The lowest BCUT2D eigenvalue weighted by Crippen LogP contribution is -2.25. The van der Waals surface area contributed by atoms with Crippen molar-refractivity contribution in [3.63, 3.8) is 0 Å². The van der Waals surface area contributed by atoms with E-state index >= 15 is 0 Å². The smallest absolute Gasteiger partial charge is 0.258 e. The van der Waals surface area contributed by atoms with Crippen LogP contribution in [0.3, 0.4) is 0 Å². The molecule has 9 heteroatoms. The molecule has 1 aliphatic heterocycles. The molecule has 1 saturated heterocycles. The highest BCUT2D eigenvalue weighted by Gasteiger charge is 2.28. The molecule has 0 unspecified atom stereocenters. The molecule has 0 atom stereocenters. The van der Waals surface area contributed by atoms with E-state index in [0.717, 1.165) is 0 Å². The average Bonchev–Trinajstić information content (AvgIpc) is 3.08. The first-order chi connectivity index (χ1) is 10.1. The number of hydrogen-bond acceptors (Lipinski definition) is 5. The van der Waals surface area contributed by atoms with Gasteiger partial charge < -0.3 is 0 Å². The minimum absolute atomic E-state index is 0.140. The number of sulfonamides is 1. The van der Waals surface area contributed by atoms with Crippen molar-refractivity contribution in [2.45, 2.75) is 6.42 Å². The second-order valence-electron chi connectivity index (χ2n) is 4.58. The Bertz CT molecular complexity index is 757. The molecule has 110 valence electrons. The van der Waals surface area contributed by atoms with Gasteiger partial charge in [-0.3, -0.25) is 14.4 Å². The minimum Gasteiger partial charge on any atom is -0.291 e. The molecule has 1 aliphatic rings. The first-order valence-electron chi connectivity index (χ1n) is 6.33. The van der Waals surface area contributed by atoms with E-state index in [1.807, 2.05) is 0 Å². The van der Waals surface area contributed by atoms with Gasteiger partial charge in [-0.1, -0.05) is 6.07 Å². The molecule has 1 fully saturated rings. The Morgan fingerprint density at radius 1 is 1.38 bits per heavy atom. The fourth-order valence-electron chi connectivity index (χ4n) is 2.18. The van der Waals surface area contributed by atoms with E-state index < -0.39 is 10.0 Å². The molecule has 3 rings (SSSR count). The van der Waals surface area contributed by atoms with Gasteiger partial charge in [-0.2, -0.15) is 10.1 Å². The first-order valence-corrected chi connectivity index (χ1v) is 7.94. The number of carbonyl (C=O) groups is 1. The van der Waals surface area contributed by atoms with Gasteiger partial charge in [0.1, 0.15) is 6.33 Å². The van der Waals surface area contributed by atoms with Gasteiger partial charge in [0.15, 0.2) is 0 Å². The van der Waals surface area contributed by atoms with Crippen LogP contribution in [0.1, 0.15) is 16.8 Å². The van der Waals surface area contributed by atoms with E-state index in [4.69, 9.17) is 0 Å². The Hall–Kier alpha value is -2.42.